The average Bonchev–Trinajstić information content (AvgIpc) is 1.89. The lowest BCUT2D eigenvalue weighted by molar-refractivity contribution is -0.143. The Morgan fingerprint density at radius 3 is 2.80 bits per heavy atom. The van der Waals surface area contributed by atoms with Gasteiger partial charge in [-0.3, -0.25) is 4.79 Å². The molecule has 0 aromatic heterocycles. The molecule has 0 aliphatic rings. The Kier molecular flexibility index (Phi) is 6.81. The number of carbonyl (C=O) groups is 1. The van der Waals surface area contributed by atoms with Gasteiger partial charge in [-0.15, -0.1) is 0 Å². The minimum Gasteiger partial charge on any atom is -0.466 e. The highest BCUT2D eigenvalue weighted by Gasteiger charge is 1.97. The second-order valence-electron chi connectivity index (χ2n) is 2.05. The van der Waals surface area contributed by atoms with Crippen molar-refractivity contribution in [3.05, 3.63) is 0 Å². The van der Waals surface area contributed by atoms with E-state index >= 15 is 0 Å². The first kappa shape index (κ1) is 9.82. The third kappa shape index (κ3) is 5.95. The fraction of sp³-hybridized carbons (Fsp3) is 0.857. The molecule has 0 N–H and O–H groups in total. The van der Waals surface area contributed by atoms with Crippen molar-refractivity contribution < 1.29 is 9.53 Å². The maximum absolute atomic E-state index is 10.7. The van der Waals surface area contributed by atoms with Crippen LogP contribution < -0.4 is 0 Å². The quantitative estimate of drug-likeness (QED) is 0.378. The average molecular weight is 162 g/mol. The Labute approximate surface area is 67.4 Å². The van der Waals surface area contributed by atoms with Crippen LogP contribution in [0.2, 0.25) is 0 Å². The SMILES string of the molecule is CCCC(=O)OCCCS. The first-order valence-corrected chi connectivity index (χ1v) is 4.21. The van der Waals surface area contributed by atoms with E-state index in [1.54, 1.807) is 0 Å². The highest BCUT2D eigenvalue weighted by Crippen LogP contribution is 1.92. The first-order chi connectivity index (χ1) is 4.81. The lowest BCUT2D eigenvalue weighted by Crippen LogP contribution is -2.05. The fourth-order valence-corrected chi connectivity index (χ4v) is 0.656. The van der Waals surface area contributed by atoms with Crippen LogP contribution >= 0.6 is 12.6 Å². The van der Waals surface area contributed by atoms with Gasteiger partial charge in [0.05, 0.1) is 6.61 Å². The third-order valence-electron chi connectivity index (χ3n) is 1.02. The maximum Gasteiger partial charge on any atom is 0.305 e. The van der Waals surface area contributed by atoms with E-state index in [-0.39, 0.29) is 5.97 Å². The van der Waals surface area contributed by atoms with Crippen molar-refractivity contribution in [3.8, 4) is 0 Å². The van der Waals surface area contributed by atoms with Crippen molar-refractivity contribution in [3.63, 3.8) is 0 Å². The van der Waals surface area contributed by atoms with Gasteiger partial charge in [0.25, 0.3) is 0 Å². The summed E-state index contributed by atoms with van der Waals surface area (Å²) in [6.45, 7) is 2.47. The van der Waals surface area contributed by atoms with Crippen molar-refractivity contribution in [2.75, 3.05) is 12.4 Å². The summed E-state index contributed by atoms with van der Waals surface area (Å²) in [4.78, 5) is 10.7. The molecule has 0 unspecified atom stereocenters. The Morgan fingerprint density at radius 2 is 2.30 bits per heavy atom. The molecular formula is C7H14O2S. The molecule has 0 atom stereocenters. The molecule has 0 heterocycles. The van der Waals surface area contributed by atoms with Gasteiger partial charge in [0.2, 0.25) is 0 Å². The third-order valence-corrected chi connectivity index (χ3v) is 1.34. The fourth-order valence-electron chi connectivity index (χ4n) is 0.527. The van der Waals surface area contributed by atoms with Gasteiger partial charge in [-0.25, -0.2) is 0 Å². The molecular weight excluding hydrogens is 148 g/mol. The highest BCUT2D eigenvalue weighted by atomic mass is 32.1. The van der Waals surface area contributed by atoms with Crippen LogP contribution in [0.3, 0.4) is 0 Å². The van der Waals surface area contributed by atoms with Gasteiger partial charge in [0.15, 0.2) is 0 Å². The van der Waals surface area contributed by atoms with Crippen LogP contribution in [0, 0.1) is 0 Å². The maximum atomic E-state index is 10.7. The molecule has 0 aromatic rings. The van der Waals surface area contributed by atoms with Crippen LogP contribution in [0.25, 0.3) is 0 Å². The summed E-state index contributed by atoms with van der Waals surface area (Å²) in [7, 11) is 0. The second-order valence-corrected chi connectivity index (χ2v) is 2.49. The molecule has 0 aromatic carbocycles. The highest BCUT2D eigenvalue weighted by molar-refractivity contribution is 7.80. The summed E-state index contributed by atoms with van der Waals surface area (Å²) in [5, 5.41) is 0. The molecule has 0 aliphatic heterocycles. The van der Waals surface area contributed by atoms with Crippen LogP contribution in [0.4, 0.5) is 0 Å². The molecule has 3 heteroatoms. The van der Waals surface area contributed by atoms with E-state index in [9.17, 15) is 4.79 Å². The number of esters is 1. The molecule has 0 saturated carbocycles. The van der Waals surface area contributed by atoms with E-state index in [4.69, 9.17) is 4.74 Å². The number of rotatable bonds is 5. The van der Waals surface area contributed by atoms with Crippen molar-refractivity contribution in [2.24, 2.45) is 0 Å². The van der Waals surface area contributed by atoms with Gasteiger partial charge in [-0.2, -0.15) is 12.6 Å². The van der Waals surface area contributed by atoms with Crippen LogP contribution in [0.5, 0.6) is 0 Å². The minimum absolute atomic E-state index is 0.0933. The molecule has 0 saturated heterocycles. The summed E-state index contributed by atoms with van der Waals surface area (Å²) in [6, 6.07) is 0. The van der Waals surface area contributed by atoms with Crippen molar-refractivity contribution >= 4 is 18.6 Å². The number of ether oxygens (including phenoxy) is 1. The summed E-state index contributed by atoms with van der Waals surface area (Å²) in [5.41, 5.74) is 0. The zero-order valence-corrected chi connectivity index (χ0v) is 7.19. The summed E-state index contributed by atoms with van der Waals surface area (Å²) in [6.07, 6.45) is 2.24. The van der Waals surface area contributed by atoms with E-state index in [1.165, 1.54) is 0 Å². The van der Waals surface area contributed by atoms with Gasteiger partial charge in [0.1, 0.15) is 0 Å². The molecule has 0 rings (SSSR count). The van der Waals surface area contributed by atoms with Crippen molar-refractivity contribution in [2.45, 2.75) is 26.2 Å². The normalized spacial score (nSPS) is 9.40. The number of hydrogen-bond donors (Lipinski definition) is 1. The Bertz CT molecular complexity index is 93.6. The molecule has 10 heavy (non-hydrogen) atoms. The van der Waals surface area contributed by atoms with Gasteiger partial charge >= 0.3 is 5.97 Å². The molecule has 0 bridgehead atoms. The monoisotopic (exact) mass is 162 g/mol. The van der Waals surface area contributed by atoms with Crippen LogP contribution in [0.1, 0.15) is 26.2 Å². The molecule has 60 valence electrons. The molecule has 0 radical (unpaired) electrons. The van der Waals surface area contributed by atoms with Crippen LogP contribution in [-0.2, 0) is 9.53 Å². The van der Waals surface area contributed by atoms with Crippen molar-refractivity contribution in [1.29, 1.82) is 0 Å². The van der Waals surface area contributed by atoms with E-state index in [1.807, 2.05) is 6.92 Å². The largest absolute Gasteiger partial charge is 0.466 e. The molecule has 0 aliphatic carbocycles. The van der Waals surface area contributed by atoms with Gasteiger partial charge in [0, 0.05) is 6.42 Å². The number of hydrogen-bond acceptors (Lipinski definition) is 3. The van der Waals surface area contributed by atoms with Gasteiger partial charge in [-0.05, 0) is 18.6 Å². The van der Waals surface area contributed by atoms with Crippen LogP contribution in [0.15, 0.2) is 0 Å². The molecule has 0 amide bonds. The van der Waals surface area contributed by atoms with Crippen LogP contribution in [-0.4, -0.2) is 18.3 Å². The molecule has 2 nitrogen and oxygen atoms in total. The topological polar surface area (TPSA) is 26.3 Å². The lowest BCUT2D eigenvalue weighted by atomic mass is 10.3. The molecule has 0 fully saturated rings. The second kappa shape index (κ2) is 6.93. The molecule has 0 spiro atoms. The zero-order chi connectivity index (χ0) is 7.82. The first-order valence-electron chi connectivity index (χ1n) is 3.57. The predicted octanol–water partition coefficient (Wildman–Crippen LogP) is 1.65. The van der Waals surface area contributed by atoms with E-state index < -0.39 is 0 Å². The van der Waals surface area contributed by atoms with E-state index in [2.05, 4.69) is 12.6 Å². The minimum atomic E-state index is -0.0933. The number of carbonyl (C=O) groups excluding carboxylic acids is 1. The smallest absolute Gasteiger partial charge is 0.305 e. The zero-order valence-electron chi connectivity index (χ0n) is 6.30. The Hall–Kier alpha value is -0.180. The summed E-state index contributed by atoms with van der Waals surface area (Å²) >= 11 is 3.98. The van der Waals surface area contributed by atoms with Gasteiger partial charge in [-0.1, -0.05) is 6.92 Å². The lowest BCUT2D eigenvalue weighted by Gasteiger charge is -2.00. The Balaban J connectivity index is 3.05. The van der Waals surface area contributed by atoms with E-state index in [0.29, 0.717) is 13.0 Å². The van der Waals surface area contributed by atoms with Gasteiger partial charge < -0.3 is 4.74 Å². The summed E-state index contributed by atoms with van der Waals surface area (Å²) < 4.78 is 4.84. The van der Waals surface area contributed by atoms with Crippen molar-refractivity contribution in [1.82, 2.24) is 0 Å². The van der Waals surface area contributed by atoms with E-state index in [0.717, 1.165) is 18.6 Å². The number of thiol groups is 1. The summed E-state index contributed by atoms with van der Waals surface area (Å²) in [5.74, 6) is 0.684. The Morgan fingerprint density at radius 1 is 1.60 bits per heavy atom. The predicted molar refractivity (Wildman–Crippen MR) is 44.3 cm³/mol. The standard InChI is InChI=1S/C7H14O2S/c1-2-4-7(8)9-5-3-6-10/h10H,2-6H2,1H3.